The van der Waals surface area contributed by atoms with Gasteiger partial charge in [-0.2, -0.15) is 4.39 Å². The molecule has 3 rings (SSSR count). The number of fused-ring (bicyclic) bond motifs is 1. The second-order valence-corrected chi connectivity index (χ2v) is 6.57. The molecule has 0 aliphatic carbocycles. The summed E-state index contributed by atoms with van der Waals surface area (Å²) in [5, 5.41) is 14.3. The Balaban J connectivity index is 1.85. The van der Waals surface area contributed by atoms with Crippen molar-refractivity contribution in [1.82, 2.24) is 10.2 Å². The fraction of sp³-hybridized carbons (Fsp3) is 0.600. The highest BCUT2D eigenvalue weighted by Crippen LogP contribution is 2.41. The lowest BCUT2D eigenvalue weighted by molar-refractivity contribution is -0.387. The Bertz CT molecular complexity index is 576. The second-order valence-electron chi connectivity index (χ2n) is 6.57. The molecule has 2 heterocycles. The third-order valence-corrected chi connectivity index (χ3v) is 5.13. The molecule has 0 saturated carbocycles. The van der Waals surface area contributed by atoms with Crippen LogP contribution in [0.4, 0.5) is 10.1 Å². The van der Waals surface area contributed by atoms with Gasteiger partial charge in [-0.1, -0.05) is 12.1 Å². The largest absolute Gasteiger partial charge is 0.316 e. The Kier molecular flexibility index (Phi) is 3.45. The Morgan fingerprint density at radius 2 is 2.24 bits per heavy atom. The molecule has 0 bridgehead atoms. The van der Waals surface area contributed by atoms with Gasteiger partial charge in [0.2, 0.25) is 5.82 Å². The Morgan fingerprint density at radius 3 is 2.90 bits per heavy atom. The van der Waals surface area contributed by atoms with Crippen LogP contribution in [0.2, 0.25) is 0 Å². The molecule has 2 aliphatic rings. The molecule has 21 heavy (non-hydrogen) atoms. The molecular formula is C15H20FN3O2. The highest BCUT2D eigenvalue weighted by Gasteiger charge is 2.49. The first kappa shape index (κ1) is 14.4. The summed E-state index contributed by atoms with van der Waals surface area (Å²) in [5.74, 6) is 0.439. The van der Waals surface area contributed by atoms with E-state index in [0.29, 0.717) is 23.9 Å². The number of rotatable bonds is 3. The number of likely N-dealkylation sites (tertiary alicyclic amines) is 1. The van der Waals surface area contributed by atoms with Crippen LogP contribution in [0.5, 0.6) is 0 Å². The third-order valence-electron chi connectivity index (χ3n) is 5.13. The molecule has 0 spiro atoms. The van der Waals surface area contributed by atoms with E-state index in [0.717, 1.165) is 19.6 Å². The molecule has 2 unspecified atom stereocenters. The molecule has 1 aromatic carbocycles. The zero-order valence-electron chi connectivity index (χ0n) is 12.3. The van der Waals surface area contributed by atoms with Gasteiger partial charge in [-0.25, -0.2) is 0 Å². The molecule has 6 heteroatoms. The quantitative estimate of drug-likeness (QED) is 0.685. The number of nitro benzene ring substituents is 1. The van der Waals surface area contributed by atoms with Crippen LogP contribution < -0.4 is 5.32 Å². The van der Waals surface area contributed by atoms with Gasteiger partial charge in [-0.05, 0) is 32.2 Å². The summed E-state index contributed by atoms with van der Waals surface area (Å²) in [6.45, 7) is 7.69. The molecule has 0 radical (unpaired) electrons. The monoisotopic (exact) mass is 293 g/mol. The van der Waals surface area contributed by atoms with Gasteiger partial charge >= 0.3 is 5.69 Å². The van der Waals surface area contributed by atoms with Gasteiger partial charge in [0, 0.05) is 36.8 Å². The number of halogens is 1. The highest BCUT2D eigenvalue weighted by molar-refractivity contribution is 5.37. The van der Waals surface area contributed by atoms with E-state index in [1.54, 1.807) is 12.1 Å². The summed E-state index contributed by atoms with van der Waals surface area (Å²) >= 11 is 0. The predicted molar refractivity (Wildman–Crippen MR) is 77.4 cm³/mol. The maximum absolute atomic E-state index is 14.2. The van der Waals surface area contributed by atoms with Crippen LogP contribution in [-0.2, 0) is 6.54 Å². The molecule has 0 amide bonds. The van der Waals surface area contributed by atoms with Crippen LogP contribution in [0, 0.1) is 27.8 Å². The fourth-order valence-corrected chi connectivity index (χ4v) is 3.81. The van der Waals surface area contributed by atoms with Crippen molar-refractivity contribution in [2.75, 3.05) is 19.6 Å². The Morgan fingerprint density at radius 1 is 1.48 bits per heavy atom. The van der Waals surface area contributed by atoms with Crippen LogP contribution >= 0.6 is 0 Å². The first-order valence-electron chi connectivity index (χ1n) is 7.29. The van der Waals surface area contributed by atoms with Crippen molar-refractivity contribution in [3.63, 3.8) is 0 Å². The van der Waals surface area contributed by atoms with Crippen LogP contribution in [0.3, 0.4) is 0 Å². The molecule has 2 saturated heterocycles. The molecule has 114 valence electrons. The van der Waals surface area contributed by atoms with E-state index in [-0.39, 0.29) is 5.54 Å². The summed E-state index contributed by atoms with van der Waals surface area (Å²) in [7, 11) is 0. The van der Waals surface area contributed by atoms with Crippen molar-refractivity contribution in [3.8, 4) is 0 Å². The van der Waals surface area contributed by atoms with E-state index in [4.69, 9.17) is 0 Å². The van der Waals surface area contributed by atoms with Gasteiger partial charge in [0.05, 0.1) is 4.92 Å². The summed E-state index contributed by atoms with van der Waals surface area (Å²) in [4.78, 5) is 12.4. The molecular weight excluding hydrogens is 273 g/mol. The smallest absolute Gasteiger partial charge is 0.305 e. The van der Waals surface area contributed by atoms with Gasteiger partial charge in [0.25, 0.3) is 0 Å². The predicted octanol–water partition coefficient (Wildman–Crippen LogP) is 2.16. The van der Waals surface area contributed by atoms with E-state index < -0.39 is 16.4 Å². The first-order chi connectivity index (χ1) is 9.91. The molecule has 1 N–H and O–H groups in total. The maximum atomic E-state index is 14.2. The average Bonchev–Trinajstić information content (AvgIpc) is 2.96. The molecule has 2 atom stereocenters. The van der Waals surface area contributed by atoms with Gasteiger partial charge in [0.1, 0.15) is 0 Å². The summed E-state index contributed by atoms with van der Waals surface area (Å²) in [6, 6.07) is 4.42. The average molecular weight is 293 g/mol. The minimum Gasteiger partial charge on any atom is -0.316 e. The van der Waals surface area contributed by atoms with Gasteiger partial charge in [-0.15, -0.1) is 0 Å². The standard InChI is InChI=1S/C15H20FN3O2/c1-15(2)12-7-17-6-11(12)9-18(15)8-10-4-3-5-13(14(10)16)19(20)21/h3-5,11-12,17H,6-9H2,1-2H3. The van der Waals surface area contributed by atoms with E-state index in [1.807, 2.05) is 0 Å². The Hall–Kier alpha value is -1.53. The van der Waals surface area contributed by atoms with Crippen LogP contribution in [0.15, 0.2) is 18.2 Å². The number of hydrogen-bond donors (Lipinski definition) is 1. The van der Waals surface area contributed by atoms with Crippen molar-refractivity contribution < 1.29 is 9.31 Å². The number of nitrogens with zero attached hydrogens (tertiary/aromatic N) is 2. The van der Waals surface area contributed by atoms with Crippen molar-refractivity contribution in [2.45, 2.75) is 25.9 Å². The molecule has 0 aromatic heterocycles. The zero-order chi connectivity index (χ0) is 15.2. The molecule has 1 aromatic rings. The minimum absolute atomic E-state index is 0.0226. The lowest BCUT2D eigenvalue weighted by Gasteiger charge is -2.35. The normalized spacial score (nSPS) is 27.8. The van der Waals surface area contributed by atoms with Gasteiger partial charge in [-0.3, -0.25) is 15.0 Å². The van der Waals surface area contributed by atoms with Crippen molar-refractivity contribution >= 4 is 5.69 Å². The van der Waals surface area contributed by atoms with E-state index >= 15 is 0 Å². The second kappa shape index (κ2) is 5.03. The molecule has 5 nitrogen and oxygen atoms in total. The summed E-state index contributed by atoms with van der Waals surface area (Å²) in [6.07, 6.45) is 0. The minimum atomic E-state index is -0.700. The topological polar surface area (TPSA) is 58.4 Å². The SMILES string of the molecule is CC1(C)C2CNCC2CN1Cc1cccc([N+](=O)[O-])c1F. The lowest BCUT2D eigenvalue weighted by atomic mass is 9.85. The van der Waals surface area contributed by atoms with Gasteiger partial charge in [0.15, 0.2) is 0 Å². The molecule has 2 aliphatic heterocycles. The highest BCUT2D eigenvalue weighted by atomic mass is 19.1. The maximum Gasteiger partial charge on any atom is 0.305 e. The van der Waals surface area contributed by atoms with Crippen molar-refractivity contribution in [1.29, 1.82) is 0 Å². The first-order valence-corrected chi connectivity index (χ1v) is 7.29. The number of hydrogen-bond acceptors (Lipinski definition) is 4. The van der Waals surface area contributed by atoms with Crippen LogP contribution in [0.25, 0.3) is 0 Å². The van der Waals surface area contributed by atoms with E-state index in [1.165, 1.54) is 6.07 Å². The van der Waals surface area contributed by atoms with E-state index in [2.05, 4.69) is 24.1 Å². The third kappa shape index (κ3) is 2.32. The fourth-order valence-electron chi connectivity index (χ4n) is 3.81. The van der Waals surface area contributed by atoms with Gasteiger partial charge < -0.3 is 5.32 Å². The number of nitro groups is 1. The number of benzene rings is 1. The summed E-state index contributed by atoms with van der Waals surface area (Å²) in [5.41, 5.74) is -0.0535. The van der Waals surface area contributed by atoms with Crippen LogP contribution in [-0.4, -0.2) is 35.0 Å². The van der Waals surface area contributed by atoms with Crippen LogP contribution in [0.1, 0.15) is 19.4 Å². The number of nitrogens with one attached hydrogen (secondary N) is 1. The molecule has 2 fully saturated rings. The summed E-state index contributed by atoms with van der Waals surface area (Å²) < 4.78 is 14.2. The van der Waals surface area contributed by atoms with Crippen molar-refractivity contribution in [3.05, 3.63) is 39.7 Å². The zero-order valence-corrected chi connectivity index (χ0v) is 12.3. The van der Waals surface area contributed by atoms with Crippen molar-refractivity contribution in [2.24, 2.45) is 11.8 Å². The van der Waals surface area contributed by atoms with E-state index in [9.17, 15) is 14.5 Å². The Labute approximate surface area is 123 Å². The lowest BCUT2D eigenvalue weighted by Crippen LogP contribution is -2.44.